The zero-order valence-electron chi connectivity index (χ0n) is 14.5. The highest BCUT2D eigenvalue weighted by atomic mass is 16.6. The normalized spacial score (nSPS) is 10.8. The van der Waals surface area contributed by atoms with Crippen molar-refractivity contribution >= 4 is 28.8 Å². The van der Waals surface area contributed by atoms with E-state index in [2.05, 4.69) is 5.32 Å². The van der Waals surface area contributed by atoms with Crippen LogP contribution < -0.4 is 14.8 Å². The zero-order valence-corrected chi connectivity index (χ0v) is 14.5. The highest BCUT2D eigenvalue weighted by Gasteiger charge is 2.17. The summed E-state index contributed by atoms with van der Waals surface area (Å²) in [6, 6.07) is 9.83. The van der Waals surface area contributed by atoms with Crippen LogP contribution in [0.4, 0.5) is 11.4 Å². The fraction of sp³-hybridized carbons (Fsp3) is 0.111. The number of ketones is 1. The SMILES string of the molecule is COc1cccc(/C(O)=C/C(=O)C(=O)Nc2ccc([N+](=O)[O-])cc2OC)c1. The average molecular weight is 372 g/mol. The van der Waals surface area contributed by atoms with Crippen LogP contribution in [-0.2, 0) is 9.59 Å². The molecule has 1 amide bonds. The molecule has 0 aliphatic rings. The van der Waals surface area contributed by atoms with Gasteiger partial charge in [-0.3, -0.25) is 19.7 Å². The van der Waals surface area contributed by atoms with Crippen molar-refractivity contribution < 1.29 is 29.1 Å². The number of methoxy groups -OCH3 is 2. The smallest absolute Gasteiger partial charge is 0.296 e. The monoisotopic (exact) mass is 372 g/mol. The minimum absolute atomic E-state index is 0.0198. The van der Waals surface area contributed by atoms with Crippen molar-refractivity contribution in [3.63, 3.8) is 0 Å². The second-order valence-electron chi connectivity index (χ2n) is 5.22. The van der Waals surface area contributed by atoms with Crippen molar-refractivity contribution in [1.82, 2.24) is 0 Å². The lowest BCUT2D eigenvalue weighted by atomic mass is 10.1. The van der Waals surface area contributed by atoms with Crippen molar-refractivity contribution in [2.24, 2.45) is 0 Å². The van der Waals surface area contributed by atoms with Crippen molar-refractivity contribution in [3.8, 4) is 11.5 Å². The van der Waals surface area contributed by atoms with Crippen LogP contribution in [0.15, 0.2) is 48.5 Å². The molecule has 2 N–H and O–H groups in total. The van der Waals surface area contributed by atoms with Gasteiger partial charge in [-0.1, -0.05) is 12.1 Å². The topological polar surface area (TPSA) is 128 Å². The molecule has 0 fully saturated rings. The van der Waals surface area contributed by atoms with E-state index >= 15 is 0 Å². The predicted molar refractivity (Wildman–Crippen MR) is 96.9 cm³/mol. The van der Waals surface area contributed by atoms with Crippen molar-refractivity contribution in [1.29, 1.82) is 0 Å². The first-order valence-corrected chi connectivity index (χ1v) is 7.58. The number of carbonyl (C=O) groups is 2. The summed E-state index contributed by atoms with van der Waals surface area (Å²) in [5.74, 6) is -1.98. The van der Waals surface area contributed by atoms with E-state index < -0.39 is 22.4 Å². The van der Waals surface area contributed by atoms with Gasteiger partial charge in [0.2, 0.25) is 5.78 Å². The standard InChI is InChI=1S/C18H16N2O7/c1-26-13-5-3-4-11(8-13)15(21)10-16(22)18(23)19-14-7-6-12(20(24)25)9-17(14)27-2/h3-10,21H,1-2H3,(H,19,23)/b15-10-. The summed E-state index contributed by atoms with van der Waals surface area (Å²) in [6.45, 7) is 0. The van der Waals surface area contributed by atoms with E-state index in [0.29, 0.717) is 11.3 Å². The molecule has 2 rings (SSSR count). The van der Waals surface area contributed by atoms with E-state index in [1.807, 2.05) is 0 Å². The van der Waals surface area contributed by atoms with Gasteiger partial charge < -0.3 is 19.9 Å². The lowest BCUT2D eigenvalue weighted by Crippen LogP contribution is -2.21. The molecule has 2 aromatic carbocycles. The van der Waals surface area contributed by atoms with Crippen LogP contribution in [0.25, 0.3) is 5.76 Å². The van der Waals surface area contributed by atoms with E-state index in [0.717, 1.165) is 18.2 Å². The Morgan fingerprint density at radius 2 is 1.89 bits per heavy atom. The van der Waals surface area contributed by atoms with Crippen molar-refractivity contribution in [2.75, 3.05) is 19.5 Å². The molecule has 0 bridgehead atoms. The number of hydrogen-bond acceptors (Lipinski definition) is 7. The number of ether oxygens (including phenoxy) is 2. The summed E-state index contributed by atoms with van der Waals surface area (Å²) in [5.41, 5.74) is 0.144. The van der Waals surface area contributed by atoms with Gasteiger partial charge in [0.05, 0.1) is 30.9 Å². The number of carbonyl (C=O) groups excluding carboxylic acids is 2. The molecule has 0 spiro atoms. The van der Waals surface area contributed by atoms with Gasteiger partial charge >= 0.3 is 0 Å². The lowest BCUT2D eigenvalue weighted by molar-refractivity contribution is -0.384. The van der Waals surface area contributed by atoms with E-state index in [9.17, 15) is 24.8 Å². The van der Waals surface area contributed by atoms with Gasteiger partial charge in [0.25, 0.3) is 11.6 Å². The van der Waals surface area contributed by atoms with Crippen LogP contribution in [0.2, 0.25) is 0 Å². The predicted octanol–water partition coefficient (Wildman–Crippen LogP) is 2.72. The molecule has 0 unspecified atom stereocenters. The minimum atomic E-state index is -1.04. The number of rotatable bonds is 7. The van der Waals surface area contributed by atoms with E-state index in [1.54, 1.807) is 18.2 Å². The molecule has 9 nitrogen and oxygen atoms in total. The highest BCUT2D eigenvalue weighted by Crippen LogP contribution is 2.29. The minimum Gasteiger partial charge on any atom is -0.507 e. The van der Waals surface area contributed by atoms with Crippen molar-refractivity contribution in [3.05, 3.63) is 64.2 Å². The first kappa shape index (κ1) is 19.4. The molecule has 0 aromatic heterocycles. The number of hydrogen-bond donors (Lipinski definition) is 2. The third-order valence-electron chi connectivity index (χ3n) is 3.50. The summed E-state index contributed by atoms with van der Waals surface area (Å²) in [4.78, 5) is 34.3. The number of aliphatic hydroxyl groups excluding tert-OH is 1. The van der Waals surface area contributed by atoms with Crippen LogP contribution in [0.3, 0.4) is 0 Å². The van der Waals surface area contributed by atoms with Crippen LogP contribution >= 0.6 is 0 Å². The number of nitro groups is 1. The number of anilines is 1. The van der Waals surface area contributed by atoms with E-state index in [-0.39, 0.29) is 17.1 Å². The van der Waals surface area contributed by atoms with Gasteiger partial charge in [-0.15, -0.1) is 0 Å². The Morgan fingerprint density at radius 1 is 1.15 bits per heavy atom. The van der Waals surface area contributed by atoms with Crippen LogP contribution in [0.1, 0.15) is 5.56 Å². The average Bonchev–Trinajstić information content (AvgIpc) is 2.67. The molecule has 2 aromatic rings. The Morgan fingerprint density at radius 3 is 2.52 bits per heavy atom. The molecule has 27 heavy (non-hydrogen) atoms. The lowest BCUT2D eigenvalue weighted by Gasteiger charge is -2.09. The third kappa shape index (κ3) is 4.82. The Bertz CT molecular complexity index is 922. The van der Waals surface area contributed by atoms with Crippen LogP contribution in [0.5, 0.6) is 11.5 Å². The Balaban J connectivity index is 2.18. The number of non-ortho nitro benzene ring substituents is 1. The van der Waals surface area contributed by atoms with Gasteiger partial charge in [0.15, 0.2) is 0 Å². The first-order valence-electron chi connectivity index (χ1n) is 7.58. The molecule has 0 aliphatic carbocycles. The molecule has 9 heteroatoms. The number of nitrogens with one attached hydrogen (secondary N) is 1. The molecule has 0 saturated heterocycles. The summed E-state index contributed by atoms with van der Waals surface area (Å²) in [6.07, 6.45) is 0.766. The molecular weight excluding hydrogens is 356 g/mol. The second-order valence-corrected chi connectivity index (χ2v) is 5.22. The number of benzene rings is 2. The molecule has 0 saturated carbocycles. The highest BCUT2D eigenvalue weighted by molar-refractivity contribution is 6.45. The Kier molecular flexibility index (Phi) is 6.10. The van der Waals surface area contributed by atoms with Crippen molar-refractivity contribution in [2.45, 2.75) is 0 Å². The van der Waals surface area contributed by atoms with Gasteiger partial charge in [0.1, 0.15) is 17.3 Å². The van der Waals surface area contributed by atoms with Gasteiger partial charge in [0, 0.05) is 17.7 Å². The fourth-order valence-corrected chi connectivity index (χ4v) is 2.14. The molecule has 140 valence electrons. The maximum Gasteiger partial charge on any atom is 0.296 e. The number of amides is 1. The summed E-state index contributed by atoms with van der Waals surface area (Å²) >= 11 is 0. The summed E-state index contributed by atoms with van der Waals surface area (Å²) < 4.78 is 10.0. The zero-order chi connectivity index (χ0) is 20.0. The molecule has 0 atom stereocenters. The summed E-state index contributed by atoms with van der Waals surface area (Å²) in [7, 11) is 2.72. The first-order chi connectivity index (χ1) is 12.8. The third-order valence-corrected chi connectivity index (χ3v) is 3.50. The van der Waals surface area contributed by atoms with Crippen LogP contribution in [0, 0.1) is 10.1 Å². The largest absolute Gasteiger partial charge is 0.507 e. The maximum absolute atomic E-state index is 12.1. The Labute approximate surface area is 154 Å². The fourth-order valence-electron chi connectivity index (χ4n) is 2.14. The van der Waals surface area contributed by atoms with Gasteiger partial charge in [-0.05, 0) is 18.2 Å². The number of nitrogens with zero attached hydrogens (tertiary/aromatic N) is 1. The van der Waals surface area contributed by atoms with Crippen LogP contribution in [-0.4, -0.2) is 35.9 Å². The van der Waals surface area contributed by atoms with E-state index in [1.165, 1.54) is 26.4 Å². The van der Waals surface area contributed by atoms with E-state index in [4.69, 9.17) is 9.47 Å². The molecule has 0 heterocycles. The quantitative estimate of drug-likeness (QED) is 0.251. The maximum atomic E-state index is 12.1. The Hall–Kier alpha value is -3.88. The molecule has 0 radical (unpaired) electrons. The second kappa shape index (κ2) is 8.48. The molecular formula is C18H16N2O7. The number of aliphatic hydroxyl groups is 1. The summed E-state index contributed by atoms with van der Waals surface area (Å²) in [5, 5.41) is 23.1. The van der Waals surface area contributed by atoms with Gasteiger partial charge in [-0.25, -0.2) is 0 Å². The van der Waals surface area contributed by atoms with Gasteiger partial charge in [-0.2, -0.15) is 0 Å². The number of nitro benzene ring substituents is 1. The molecule has 0 aliphatic heterocycles.